The van der Waals surface area contributed by atoms with Crippen molar-refractivity contribution < 1.29 is 9.53 Å². The van der Waals surface area contributed by atoms with E-state index in [1.54, 1.807) is 0 Å². The second-order valence-corrected chi connectivity index (χ2v) is 6.47. The van der Waals surface area contributed by atoms with E-state index in [1.807, 2.05) is 6.92 Å². The molecule has 1 aromatic carbocycles. The number of rotatable bonds is 3. The van der Waals surface area contributed by atoms with Gasteiger partial charge in [-0.15, -0.1) is 0 Å². The van der Waals surface area contributed by atoms with Crippen molar-refractivity contribution >= 4 is 11.7 Å². The Hall–Kier alpha value is -1.55. The molecule has 2 aliphatic rings. The van der Waals surface area contributed by atoms with Crippen LogP contribution in [-0.2, 0) is 22.4 Å². The van der Waals surface area contributed by atoms with Crippen LogP contribution in [0.3, 0.4) is 0 Å². The van der Waals surface area contributed by atoms with Gasteiger partial charge in [-0.25, -0.2) is 0 Å². The van der Waals surface area contributed by atoms with E-state index in [1.165, 1.54) is 16.8 Å². The molecule has 3 rings (SSSR count). The van der Waals surface area contributed by atoms with Crippen LogP contribution in [0.15, 0.2) is 18.2 Å². The number of nitrogens with zero attached hydrogens (tertiary/aromatic N) is 1. The number of carbonyl (C=O) groups excluding carboxylic acids is 1. The Morgan fingerprint density at radius 1 is 1.27 bits per heavy atom. The third-order valence-electron chi connectivity index (χ3n) is 4.94. The van der Waals surface area contributed by atoms with Gasteiger partial charge in [0.15, 0.2) is 0 Å². The summed E-state index contributed by atoms with van der Waals surface area (Å²) in [6.45, 7) is 4.19. The van der Waals surface area contributed by atoms with Crippen molar-refractivity contribution in [3.05, 3.63) is 29.3 Å². The fourth-order valence-electron chi connectivity index (χ4n) is 3.60. The van der Waals surface area contributed by atoms with Crippen LogP contribution in [-0.4, -0.2) is 31.7 Å². The van der Waals surface area contributed by atoms with E-state index in [2.05, 4.69) is 23.1 Å². The van der Waals surface area contributed by atoms with E-state index in [-0.39, 0.29) is 11.9 Å². The first kappa shape index (κ1) is 15.3. The molecule has 0 saturated carbocycles. The van der Waals surface area contributed by atoms with Gasteiger partial charge in [0.25, 0.3) is 0 Å². The molecule has 1 aliphatic carbocycles. The van der Waals surface area contributed by atoms with Crippen LogP contribution in [0.5, 0.6) is 0 Å². The highest BCUT2D eigenvalue weighted by molar-refractivity contribution is 5.73. The molecule has 1 aromatic rings. The number of carbonyl (C=O) groups is 1. The van der Waals surface area contributed by atoms with Crippen LogP contribution in [0.2, 0.25) is 0 Å². The SMILES string of the molecule is CCOC(=O)C1CCN(c2ccc3c(c2)CC(N)CC3)CC1. The lowest BCUT2D eigenvalue weighted by Gasteiger charge is -2.33. The zero-order chi connectivity index (χ0) is 15.5. The van der Waals surface area contributed by atoms with Crippen LogP contribution in [0.1, 0.15) is 37.3 Å². The van der Waals surface area contributed by atoms with E-state index < -0.39 is 0 Å². The molecule has 22 heavy (non-hydrogen) atoms. The monoisotopic (exact) mass is 302 g/mol. The Bertz CT molecular complexity index is 536. The number of aryl methyl sites for hydroxylation is 1. The number of benzene rings is 1. The van der Waals surface area contributed by atoms with E-state index >= 15 is 0 Å². The average molecular weight is 302 g/mol. The van der Waals surface area contributed by atoms with Gasteiger partial charge < -0.3 is 15.4 Å². The Balaban J connectivity index is 1.64. The van der Waals surface area contributed by atoms with Gasteiger partial charge in [-0.1, -0.05) is 6.07 Å². The fourth-order valence-corrected chi connectivity index (χ4v) is 3.60. The van der Waals surface area contributed by atoms with Crippen molar-refractivity contribution in [1.82, 2.24) is 0 Å². The molecule has 0 aromatic heterocycles. The smallest absolute Gasteiger partial charge is 0.309 e. The summed E-state index contributed by atoms with van der Waals surface area (Å²) < 4.78 is 5.14. The summed E-state index contributed by atoms with van der Waals surface area (Å²) in [6, 6.07) is 7.09. The molecule has 4 nitrogen and oxygen atoms in total. The van der Waals surface area contributed by atoms with Gasteiger partial charge in [-0.2, -0.15) is 0 Å². The Morgan fingerprint density at radius 2 is 2.05 bits per heavy atom. The van der Waals surface area contributed by atoms with Crippen molar-refractivity contribution in [1.29, 1.82) is 0 Å². The molecular formula is C18H26N2O2. The molecule has 2 N–H and O–H groups in total. The highest BCUT2D eigenvalue weighted by Crippen LogP contribution is 2.29. The van der Waals surface area contributed by atoms with Gasteiger partial charge in [-0.3, -0.25) is 4.79 Å². The molecule has 0 bridgehead atoms. The zero-order valence-electron chi connectivity index (χ0n) is 13.4. The summed E-state index contributed by atoms with van der Waals surface area (Å²) in [5, 5.41) is 0. The molecule has 0 radical (unpaired) electrons. The lowest BCUT2D eigenvalue weighted by molar-refractivity contribution is -0.148. The van der Waals surface area contributed by atoms with Gasteiger partial charge in [-0.05, 0) is 62.3 Å². The number of esters is 1. The molecule has 1 saturated heterocycles. The topological polar surface area (TPSA) is 55.6 Å². The molecule has 1 fully saturated rings. The fraction of sp³-hybridized carbons (Fsp3) is 0.611. The number of hydrogen-bond donors (Lipinski definition) is 1. The minimum atomic E-state index is -0.0291. The van der Waals surface area contributed by atoms with Crippen LogP contribution in [0.25, 0.3) is 0 Å². The number of hydrogen-bond acceptors (Lipinski definition) is 4. The number of anilines is 1. The highest BCUT2D eigenvalue weighted by atomic mass is 16.5. The van der Waals surface area contributed by atoms with Crippen molar-refractivity contribution in [2.45, 2.75) is 45.1 Å². The number of nitrogens with two attached hydrogens (primary N) is 1. The molecule has 120 valence electrons. The zero-order valence-corrected chi connectivity index (χ0v) is 13.4. The van der Waals surface area contributed by atoms with Gasteiger partial charge in [0, 0.05) is 24.8 Å². The summed E-state index contributed by atoms with van der Waals surface area (Å²) in [5.74, 6) is 0.0424. The second kappa shape index (κ2) is 6.69. The van der Waals surface area contributed by atoms with E-state index in [9.17, 15) is 4.79 Å². The molecule has 0 spiro atoms. The predicted molar refractivity (Wildman–Crippen MR) is 88.0 cm³/mol. The Kier molecular flexibility index (Phi) is 4.67. The first-order chi connectivity index (χ1) is 10.7. The molecule has 0 amide bonds. The first-order valence-corrected chi connectivity index (χ1v) is 8.46. The highest BCUT2D eigenvalue weighted by Gasteiger charge is 2.26. The molecule has 1 atom stereocenters. The summed E-state index contributed by atoms with van der Waals surface area (Å²) >= 11 is 0. The summed E-state index contributed by atoms with van der Waals surface area (Å²) in [5.41, 5.74) is 10.2. The van der Waals surface area contributed by atoms with Crippen LogP contribution in [0, 0.1) is 5.92 Å². The minimum Gasteiger partial charge on any atom is -0.466 e. The van der Waals surface area contributed by atoms with Gasteiger partial charge in [0.2, 0.25) is 0 Å². The molecule has 1 aliphatic heterocycles. The molecule has 4 heteroatoms. The van der Waals surface area contributed by atoms with E-state index in [0.29, 0.717) is 12.6 Å². The lowest BCUT2D eigenvalue weighted by Crippen LogP contribution is -2.37. The van der Waals surface area contributed by atoms with Crippen molar-refractivity contribution in [3.8, 4) is 0 Å². The standard InChI is InChI=1S/C18H26N2O2/c1-2-22-18(21)14-7-9-20(10-8-14)17-6-4-13-3-5-16(19)11-15(13)12-17/h4,6,12,14,16H,2-3,5,7-11,19H2,1H3. The van der Waals surface area contributed by atoms with Crippen LogP contribution < -0.4 is 10.6 Å². The average Bonchev–Trinajstić information content (AvgIpc) is 2.54. The minimum absolute atomic E-state index is 0.0291. The number of ether oxygens (including phenoxy) is 1. The van der Waals surface area contributed by atoms with Gasteiger partial charge >= 0.3 is 5.97 Å². The van der Waals surface area contributed by atoms with Crippen molar-refractivity contribution in [2.75, 3.05) is 24.6 Å². The maximum absolute atomic E-state index is 11.8. The number of piperidine rings is 1. The Morgan fingerprint density at radius 3 is 2.77 bits per heavy atom. The maximum Gasteiger partial charge on any atom is 0.309 e. The summed E-state index contributed by atoms with van der Waals surface area (Å²) in [4.78, 5) is 14.2. The summed E-state index contributed by atoms with van der Waals surface area (Å²) in [7, 11) is 0. The molecule has 1 heterocycles. The normalized spacial score (nSPS) is 22.3. The van der Waals surface area contributed by atoms with E-state index in [4.69, 9.17) is 10.5 Å². The van der Waals surface area contributed by atoms with Crippen LogP contribution >= 0.6 is 0 Å². The van der Waals surface area contributed by atoms with Crippen LogP contribution in [0.4, 0.5) is 5.69 Å². The first-order valence-electron chi connectivity index (χ1n) is 8.46. The molecular weight excluding hydrogens is 276 g/mol. The third-order valence-corrected chi connectivity index (χ3v) is 4.94. The quantitative estimate of drug-likeness (QED) is 0.870. The van der Waals surface area contributed by atoms with Crippen molar-refractivity contribution in [3.63, 3.8) is 0 Å². The maximum atomic E-state index is 11.8. The predicted octanol–water partition coefficient (Wildman–Crippen LogP) is 2.28. The third kappa shape index (κ3) is 3.27. The second-order valence-electron chi connectivity index (χ2n) is 6.47. The summed E-state index contributed by atoms with van der Waals surface area (Å²) in [6.07, 6.45) is 4.95. The van der Waals surface area contributed by atoms with E-state index in [0.717, 1.165) is 45.2 Å². The van der Waals surface area contributed by atoms with Gasteiger partial charge in [0.1, 0.15) is 0 Å². The number of fused-ring (bicyclic) bond motifs is 1. The van der Waals surface area contributed by atoms with Gasteiger partial charge in [0.05, 0.1) is 12.5 Å². The van der Waals surface area contributed by atoms with Crippen molar-refractivity contribution in [2.24, 2.45) is 11.7 Å². The largest absolute Gasteiger partial charge is 0.466 e. The molecule has 1 unspecified atom stereocenters. The lowest BCUT2D eigenvalue weighted by atomic mass is 9.88. The Labute approximate surface area is 132 Å².